The van der Waals surface area contributed by atoms with E-state index in [1.54, 1.807) is 11.8 Å². The van der Waals surface area contributed by atoms with E-state index in [0.717, 1.165) is 5.75 Å². The summed E-state index contributed by atoms with van der Waals surface area (Å²) < 4.78 is 0. The van der Waals surface area contributed by atoms with E-state index in [0.29, 0.717) is 12.0 Å². The van der Waals surface area contributed by atoms with Crippen molar-refractivity contribution in [1.82, 2.24) is 5.32 Å². The molecular weight excluding hydrogens is 232 g/mol. The first kappa shape index (κ1) is 13.2. The zero-order valence-corrected chi connectivity index (χ0v) is 11.5. The Bertz CT molecular complexity index is 307. The van der Waals surface area contributed by atoms with Gasteiger partial charge in [0.25, 0.3) is 0 Å². The van der Waals surface area contributed by atoms with Crippen LogP contribution in [0, 0.1) is 17.2 Å². The number of nitrogens with zero attached hydrogens (tertiary/aromatic N) is 1. The SMILES string of the molecule is CC(O)C(C)SCC(C#N)(NC1CC1)C1CC1. The fourth-order valence-electron chi connectivity index (χ4n) is 2.00. The van der Waals surface area contributed by atoms with Gasteiger partial charge in [-0.1, -0.05) is 6.92 Å². The fourth-order valence-corrected chi connectivity index (χ4v) is 3.19. The van der Waals surface area contributed by atoms with Gasteiger partial charge in [0.2, 0.25) is 0 Å². The van der Waals surface area contributed by atoms with Crippen molar-refractivity contribution in [3.05, 3.63) is 0 Å². The van der Waals surface area contributed by atoms with Crippen LogP contribution in [0.1, 0.15) is 39.5 Å². The van der Waals surface area contributed by atoms with Gasteiger partial charge in [0.1, 0.15) is 5.54 Å². The first-order valence-corrected chi connectivity index (χ1v) is 7.61. The predicted octanol–water partition coefficient (Wildman–Crippen LogP) is 1.91. The van der Waals surface area contributed by atoms with Crippen molar-refractivity contribution in [2.24, 2.45) is 5.92 Å². The molecule has 3 nitrogen and oxygen atoms in total. The molecule has 0 bridgehead atoms. The number of thioether (sulfide) groups is 1. The Kier molecular flexibility index (Phi) is 4.02. The Hall–Kier alpha value is -0.240. The molecule has 0 radical (unpaired) electrons. The zero-order valence-electron chi connectivity index (χ0n) is 10.6. The standard InChI is InChI=1S/C13H22N2OS/c1-9(16)10(2)17-8-13(7-14,11-3-4-11)15-12-5-6-12/h9-12,15-16H,3-6,8H2,1-2H3. The molecule has 0 aromatic heterocycles. The average molecular weight is 254 g/mol. The van der Waals surface area contributed by atoms with Crippen molar-refractivity contribution in [1.29, 1.82) is 5.26 Å². The maximum Gasteiger partial charge on any atom is 0.118 e. The first-order chi connectivity index (χ1) is 8.07. The molecule has 3 unspecified atom stereocenters. The van der Waals surface area contributed by atoms with Gasteiger partial charge in [-0.15, -0.1) is 0 Å². The lowest BCUT2D eigenvalue weighted by molar-refractivity contribution is 0.196. The molecule has 0 amide bonds. The van der Waals surface area contributed by atoms with Crippen LogP contribution in [-0.2, 0) is 0 Å². The van der Waals surface area contributed by atoms with Crippen LogP contribution < -0.4 is 5.32 Å². The van der Waals surface area contributed by atoms with E-state index >= 15 is 0 Å². The highest BCUT2D eigenvalue weighted by Crippen LogP contribution is 2.43. The zero-order chi connectivity index (χ0) is 12.5. The molecule has 4 heteroatoms. The number of rotatable bonds is 7. The minimum atomic E-state index is -0.338. The number of hydrogen-bond donors (Lipinski definition) is 2. The topological polar surface area (TPSA) is 56.0 Å². The van der Waals surface area contributed by atoms with Crippen LogP contribution >= 0.6 is 11.8 Å². The molecule has 2 N–H and O–H groups in total. The molecule has 2 fully saturated rings. The Morgan fingerprint density at radius 1 is 1.41 bits per heavy atom. The van der Waals surface area contributed by atoms with Gasteiger partial charge in [0.05, 0.1) is 12.2 Å². The smallest absolute Gasteiger partial charge is 0.118 e. The van der Waals surface area contributed by atoms with Crippen molar-refractivity contribution in [2.75, 3.05) is 5.75 Å². The molecule has 3 atom stereocenters. The summed E-state index contributed by atoms with van der Waals surface area (Å²) in [5.41, 5.74) is -0.338. The summed E-state index contributed by atoms with van der Waals surface area (Å²) in [5.74, 6) is 1.33. The number of aliphatic hydroxyl groups is 1. The molecular formula is C13H22N2OS. The van der Waals surface area contributed by atoms with Gasteiger partial charge >= 0.3 is 0 Å². The van der Waals surface area contributed by atoms with Gasteiger partial charge in [-0.2, -0.15) is 17.0 Å². The van der Waals surface area contributed by atoms with Gasteiger partial charge in [0.15, 0.2) is 0 Å². The van der Waals surface area contributed by atoms with E-state index in [1.807, 2.05) is 13.8 Å². The van der Waals surface area contributed by atoms with Gasteiger partial charge in [-0.25, -0.2) is 0 Å². The van der Waals surface area contributed by atoms with Gasteiger partial charge in [0, 0.05) is 17.0 Å². The highest BCUT2D eigenvalue weighted by atomic mass is 32.2. The highest BCUT2D eigenvalue weighted by Gasteiger charge is 2.48. The molecule has 2 saturated carbocycles. The lowest BCUT2D eigenvalue weighted by atomic mass is 9.97. The van der Waals surface area contributed by atoms with Gasteiger partial charge in [-0.05, 0) is 38.5 Å². The van der Waals surface area contributed by atoms with Crippen LogP contribution in [0.3, 0.4) is 0 Å². The van der Waals surface area contributed by atoms with E-state index in [2.05, 4.69) is 11.4 Å². The maximum atomic E-state index is 9.53. The number of aliphatic hydroxyl groups excluding tert-OH is 1. The van der Waals surface area contributed by atoms with E-state index in [9.17, 15) is 10.4 Å². The highest BCUT2D eigenvalue weighted by molar-refractivity contribution is 8.00. The van der Waals surface area contributed by atoms with Crippen molar-refractivity contribution < 1.29 is 5.11 Å². The maximum absolute atomic E-state index is 9.53. The van der Waals surface area contributed by atoms with E-state index in [1.165, 1.54) is 25.7 Å². The molecule has 2 rings (SSSR count). The molecule has 0 saturated heterocycles. The van der Waals surface area contributed by atoms with Crippen LogP contribution in [0.25, 0.3) is 0 Å². The second kappa shape index (κ2) is 5.17. The molecule has 17 heavy (non-hydrogen) atoms. The van der Waals surface area contributed by atoms with E-state index in [-0.39, 0.29) is 16.9 Å². The lowest BCUT2D eigenvalue weighted by Gasteiger charge is -2.29. The Morgan fingerprint density at radius 2 is 2.06 bits per heavy atom. The molecule has 0 aliphatic heterocycles. The molecule has 2 aliphatic carbocycles. The fraction of sp³-hybridized carbons (Fsp3) is 0.923. The summed E-state index contributed by atoms with van der Waals surface area (Å²) in [7, 11) is 0. The summed E-state index contributed by atoms with van der Waals surface area (Å²) in [5, 5.41) is 22.8. The quantitative estimate of drug-likeness (QED) is 0.729. The van der Waals surface area contributed by atoms with Crippen LogP contribution in [0.2, 0.25) is 0 Å². The van der Waals surface area contributed by atoms with Crippen molar-refractivity contribution in [2.45, 2.75) is 62.5 Å². The first-order valence-electron chi connectivity index (χ1n) is 6.56. The summed E-state index contributed by atoms with van der Waals surface area (Å²) >= 11 is 1.72. The Labute approximate surface area is 108 Å². The lowest BCUT2D eigenvalue weighted by Crippen LogP contribution is -2.50. The van der Waals surface area contributed by atoms with Crippen molar-refractivity contribution >= 4 is 11.8 Å². The summed E-state index contributed by atoms with van der Waals surface area (Å²) in [6.07, 6.45) is 4.48. The summed E-state index contributed by atoms with van der Waals surface area (Å²) in [6, 6.07) is 3.10. The van der Waals surface area contributed by atoms with Crippen LogP contribution in [0.5, 0.6) is 0 Å². The molecule has 0 spiro atoms. The molecule has 0 aromatic carbocycles. The largest absolute Gasteiger partial charge is 0.392 e. The molecule has 0 aromatic rings. The van der Waals surface area contributed by atoms with Crippen LogP contribution in [0.15, 0.2) is 0 Å². The normalized spacial score (nSPS) is 26.9. The van der Waals surface area contributed by atoms with Crippen LogP contribution in [-0.4, -0.2) is 33.8 Å². The van der Waals surface area contributed by atoms with Crippen molar-refractivity contribution in [3.8, 4) is 6.07 Å². The molecule has 0 heterocycles. The Morgan fingerprint density at radius 3 is 2.47 bits per heavy atom. The third-order valence-electron chi connectivity index (χ3n) is 3.77. The second-order valence-electron chi connectivity index (χ2n) is 5.53. The third kappa shape index (κ3) is 3.37. The van der Waals surface area contributed by atoms with Gasteiger partial charge < -0.3 is 5.11 Å². The second-order valence-corrected chi connectivity index (χ2v) is 6.90. The summed E-state index contributed by atoms with van der Waals surface area (Å²) in [4.78, 5) is 0. The van der Waals surface area contributed by atoms with E-state index in [4.69, 9.17) is 0 Å². The van der Waals surface area contributed by atoms with Gasteiger partial charge in [-0.3, -0.25) is 5.32 Å². The molecule has 96 valence electrons. The number of hydrogen-bond acceptors (Lipinski definition) is 4. The minimum absolute atomic E-state index is 0.197. The average Bonchev–Trinajstić information content (AvgIpc) is 3.15. The Balaban J connectivity index is 1.92. The number of nitriles is 1. The van der Waals surface area contributed by atoms with Crippen LogP contribution in [0.4, 0.5) is 0 Å². The third-order valence-corrected chi connectivity index (χ3v) is 5.31. The van der Waals surface area contributed by atoms with E-state index < -0.39 is 0 Å². The monoisotopic (exact) mass is 254 g/mol. The molecule has 2 aliphatic rings. The van der Waals surface area contributed by atoms with Crippen molar-refractivity contribution in [3.63, 3.8) is 0 Å². The minimum Gasteiger partial charge on any atom is -0.392 e. The number of nitrogens with one attached hydrogen (secondary N) is 1. The predicted molar refractivity (Wildman–Crippen MR) is 70.8 cm³/mol. The summed E-state index contributed by atoms with van der Waals surface area (Å²) in [6.45, 7) is 3.85.